The lowest BCUT2D eigenvalue weighted by molar-refractivity contribution is -0.120. The molecule has 0 heterocycles. The van der Waals surface area contributed by atoms with Gasteiger partial charge in [0, 0.05) is 12.1 Å². The first kappa shape index (κ1) is 20.7. The number of hydrogen-bond donors (Lipinski definition) is 1. The first-order valence-corrected chi connectivity index (χ1v) is 11.8. The van der Waals surface area contributed by atoms with Crippen LogP contribution in [0.3, 0.4) is 0 Å². The van der Waals surface area contributed by atoms with E-state index in [2.05, 4.69) is 5.32 Å². The van der Waals surface area contributed by atoms with Gasteiger partial charge in [0.05, 0.1) is 17.7 Å². The number of hydrogen-bond acceptors (Lipinski definition) is 4. The Kier molecular flexibility index (Phi) is 5.73. The topological polar surface area (TPSA) is 75.7 Å². The van der Waals surface area contributed by atoms with Gasteiger partial charge in [-0.2, -0.15) is 0 Å². The number of methoxy groups -OCH3 is 1. The molecule has 4 rings (SSSR count). The number of ether oxygens (including phenoxy) is 1. The molecule has 0 aromatic heterocycles. The van der Waals surface area contributed by atoms with Crippen LogP contribution in [0.15, 0.2) is 53.4 Å². The van der Waals surface area contributed by atoms with E-state index in [0.717, 1.165) is 18.4 Å². The van der Waals surface area contributed by atoms with Gasteiger partial charge < -0.3 is 10.1 Å². The van der Waals surface area contributed by atoms with E-state index in [0.29, 0.717) is 23.3 Å². The van der Waals surface area contributed by atoms with E-state index in [1.807, 2.05) is 6.92 Å². The maximum absolute atomic E-state index is 13.4. The largest absolute Gasteiger partial charge is 0.497 e. The van der Waals surface area contributed by atoms with Crippen molar-refractivity contribution in [2.45, 2.75) is 43.5 Å². The van der Waals surface area contributed by atoms with Gasteiger partial charge in [-0.3, -0.25) is 9.10 Å². The second-order valence-electron chi connectivity index (χ2n) is 8.38. The van der Waals surface area contributed by atoms with E-state index >= 15 is 0 Å². The van der Waals surface area contributed by atoms with Crippen LogP contribution in [-0.4, -0.2) is 34.0 Å². The van der Waals surface area contributed by atoms with Gasteiger partial charge in [0.1, 0.15) is 12.3 Å². The van der Waals surface area contributed by atoms with Gasteiger partial charge in [0.15, 0.2) is 0 Å². The van der Waals surface area contributed by atoms with Crippen molar-refractivity contribution in [1.29, 1.82) is 0 Å². The Labute approximate surface area is 178 Å². The Bertz CT molecular complexity index is 1020. The molecule has 0 aliphatic heterocycles. The summed E-state index contributed by atoms with van der Waals surface area (Å²) in [4.78, 5) is 13.1. The van der Waals surface area contributed by atoms with Crippen LogP contribution in [0.5, 0.6) is 5.75 Å². The highest BCUT2D eigenvalue weighted by molar-refractivity contribution is 7.92. The summed E-state index contributed by atoms with van der Waals surface area (Å²) < 4.78 is 33.3. The van der Waals surface area contributed by atoms with Crippen molar-refractivity contribution in [3.05, 3.63) is 54.1 Å². The Balaban J connectivity index is 1.61. The number of sulfonamides is 1. The lowest BCUT2D eigenvalue weighted by atomic mass is 9.95. The smallest absolute Gasteiger partial charge is 0.264 e. The van der Waals surface area contributed by atoms with Gasteiger partial charge in [-0.05, 0) is 62.3 Å². The molecule has 2 saturated carbocycles. The summed E-state index contributed by atoms with van der Waals surface area (Å²) in [5, 5.41) is 3.10. The number of amides is 1. The third-order valence-electron chi connectivity index (χ3n) is 6.32. The first-order chi connectivity index (χ1) is 14.4. The second kappa shape index (κ2) is 8.30. The number of benzene rings is 2. The van der Waals surface area contributed by atoms with Gasteiger partial charge in [-0.15, -0.1) is 0 Å². The molecule has 2 fully saturated rings. The van der Waals surface area contributed by atoms with Crippen LogP contribution in [-0.2, 0) is 14.8 Å². The Morgan fingerprint density at radius 3 is 2.53 bits per heavy atom. The SMILES string of the molecule is COc1cccc(N(CC(=O)N[C@H]2C[C@@H]3CC[C@@H]2C3)S(=O)(=O)c2ccc(C)cc2)c1. The number of aryl methyl sites for hydroxylation is 1. The van der Waals surface area contributed by atoms with E-state index in [1.54, 1.807) is 48.5 Å². The molecular formula is C23H28N2O4S. The number of fused-ring (bicyclic) bond motifs is 2. The molecular weight excluding hydrogens is 400 g/mol. The molecule has 2 bridgehead atoms. The summed E-state index contributed by atoms with van der Waals surface area (Å²) in [5.41, 5.74) is 1.37. The zero-order valence-electron chi connectivity index (χ0n) is 17.4. The van der Waals surface area contributed by atoms with E-state index in [9.17, 15) is 13.2 Å². The molecule has 2 aromatic carbocycles. The summed E-state index contributed by atoms with van der Waals surface area (Å²) in [6.07, 6.45) is 4.57. The molecule has 0 unspecified atom stereocenters. The molecule has 2 aliphatic rings. The number of rotatable bonds is 7. The van der Waals surface area contributed by atoms with Crippen molar-refractivity contribution in [2.75, 3.05) is 18.0 Å². The molecule has 2 aromatic rings. The molecule has 0 saturated heterocycles. The van der Waals surface area contributed by atoms with Crippen LogP contribution in [0.2, 0.25) is 0 Å². The molecule has 0 spiro atoms. The van der Waals surface area contributed by atoms with Gasteiger partial charge in [0.2, 0.25) is 5.91 Å². The fourth-order valence-electron chi connectivity index (χ4n) is 4.72. The summed E-state index contributed by atoms with van der Waals surface area (Å²) in [5.74, 6) is 1.49. The highest BCUT2D eigenvalue weighted by atomic mass is 32.2. The summed E-state index contributed by atoms with van der Waals surface area (Å²) in [6, 6.07) is 13.6. The van der Waals surface area contributed by atoms with Crippen molar-refractivity contribution < 1.29 is 17.9 Å². The van der Waals surface area contributed by atoms with Crippen LogP contribution in [0.1, 0.15) is 31.2 Å². The van der Waals surface area contributed by atoms with E-state index in [1.165, 1.54) is 24.3 Å². The minimum atomic E-state index is -3.92. The predicted molar refractivity (Wildman–Crippen MR) is 116 cm³/mol. The molecule has 160 valence electrons. The second-order valence-corrected chi connectivity index (χ2v) is 10.2. The number of carbonyl (C=O) groups excluding carboxylic acids is 1. The number of nitrogens with zero attached hydrogens (tertiary/aromatic N) is 1. The van der Waals surface area contributed by atoms with Crippen molar-refractivity contribution in [3.63, 3.8) is 0 Å². The van der Waals surface area contributed by atoms with Crippen molar-refractivity contribution in [1.82, 2.24) is 5.32 Å². The molecule has 3 atom stereocenters. The summed E-state index contributed by atoms with van der Waals surface area (Å²) in [7, 11) is -2.39. The molecule has 0 radical (unpaired) electrons. The lowest BCUT2D eigenvalue weighted by Crippen LogP contribution is -2.46. The monoisotopic (exact) mass is 428 g/mol. The fraction of sp³-hybridized carbons (Fsp3) is 0.435. The Morgan fingerprint density at radius 1 is 1.13 bits per heavy atom. The molecule has 7 heteroatoms. The molecule has 2 aliphatic carbocycles. The van der Waals surface area contributed by atoms with Gasteiger partial charge in [0.25, 0.3) is 10.0 Å². The van der Waals surface area contributed by atoms with Gasteiger partial charge in [-0.1, -0.05) is 30.2 Å². The van der Waals surface area contributed by atoms with Gasteiger partial charge in [-0.25, -0.2) is 8.42 Å². The minimum absolute atomic E-state index is 0.156. The Hall–Kier alpha value is -2.54. The lowest BCUT2D eigenvalue weighted by Gasteiger charge is -2.27. The number of carbonyl (C=O) groups is 1. The predicted octanol–water partition coefficient (Wildman–Crippen LogP) is 3.50. The average Bonchev–Trinajstić information content (AvgIpc) is 3.35. The zero-order chi connectivity index (χ0) is 21.3. The van der Waals surface area contributed by atoms with Crippen LogP contribution >= 0.6 is 0 Å². The molecule has 1 amide bonds. The third-order valence-corrected chi connectivity index (χ3v) is 8.11. The molecule has 6 nitrogen and oxygen atoms in total. The van der Waals surface area contributed by atoms with Crippen molar-refractivity contribution in [2.24, 2.45) is 11.8 Å². The zero-order valence-corrected chi connectivity index (χ0v) is 18.2. The average molecular weight is 429 g/mol. The third kappa shape index (κ3) is 4.17. The van der Waals surface area contributed by atoms with E-state index in [4.69, 9.17) is 4.74 Å². The van der Waals surface area contributed by atoms with Crippen LogP contribution in [0.25, 0.3) is 0 Å². The van der Waals surface area contributed by atoms with E-state index < -0.39 is 10.0 Å². The van der Waals surface area contributed by atoms with Crippen LogP contribution in [0, 0.1) is 18.8 Å². The maximum Gasteiger partial charge on any atom is 0.264 e. The number of anilines is 1. The maximum atomic E-state index is 13.4. The van der Waals surface area contributed by atoms with Crippen LogP contribution < -0.4 is 14.4 Å². The van der Waals surface area contributed by atoms with Crippen molar-refractivity contribution >= 4 is 21.6 Å². The normalized spacial score (nSPS) is 22.7. The Morgan fingerprint density at radius 2 is 1.90 bits per heavy atom. The summed E-state index contributed by atoms with van der Waals surface area (Å²) in [6.45, 7) is 1.64. The van der Waals surface area contributed by atoms with Crippen molar-refractivity contribution in [3.8, 4) is 5.75 Å². The van der Waals surface area contributed by atoms with Gasteiger partial charge >= 0.3 is 0 Å². The standard InChI is InChI=1S/C23H28N2O4S/c1-16-6-10-21(11-7-16)30(27,28)25(19-4-3-5-20(14-19)29-2)15-23(26)24-22-13-17-8-9-18(22)12-17/h3-7,10-11,14,17-18,22H,8-9,12-13,15H2,1-2H3,(H,24,26)/t17-,18-,22+/m1/s1. The summed E-state index contributed by atoms with van der Waals surface area (Å²) >= 11 is 0. The minimum Gasteiger partial charge on any atom is -0.497 e. The highest BCUT2D eigenvalue weighted by Crippen LogP contribution is 2.44. The highest BCUT2D eigenvalue weighted by Gasteiger charge is 2.40. The van der Waals surface area contributed by atoms with E-state index in [-0.39, 0.29) is 23.4 Å². The quantitative estimate of drug-likeness (QED) is 0.732. The first-order valence-electron chi connectivity index (χ1n) is 10.4. The fourth-order valence-corrected chi connectivity index (χ4v) is 6.14. The molecule has 30 heavy (non-hydrogen) atoms. The number of nitrogens with one attached hydrogen (secondary N) is 1. The molecule has 1 N–H and O–H groups in total. The van der Waals surface area contributed by atoms with Crippen LogP contribution in [0.4, 0.5) is 5.69 Å².